The molecule has 0 aliphatic heterocycles. The van der Waals surface area contributed by atoms with Crippen LogP contribution >= 0.6 is 11.6 Å². The van der Waals surface area contributed by atoms with E-state index in [2.05, 4.69) is 4.98 Å². The molecule has 4 nitrogen and oxygen atoms in total. The number of hydrogen-bond donors (Lipinski definition) is 1. The zero-order chi connectivity index (χ0) is 12.3. The number of rotatable bonds is 3. The number of ether oxygens (including phenoxy) is 2. The van der Waals surface area contributed by atoms with Crippen LogP contribution in [0.1, 0.15) is 0 Å². The summed E-state index contributed by atoms with van der Waals surface area (Å²) in [5.74, 6) is 1.50. The zero-order valence-electron chi connectivity index (χ0n) is 9.18. The molecule has 2 rings (SSSR count). The first-order chi connectivity index (χ1) is 8.20. The lowest BCUT2D eigenvalue weighted by molar-refractivity contribution is 0.369. The number of hydrogen-bond acceptors (Lipinski definition) is 4. The largest absolute Gasteiger partial charge is 0.491 e. The van der Waals surface area contributed by atoms with Gasteiger partial charge >= 0.3 is 0 Å². The Kier molecular flexibility index (Phi) is 3.35. The molecule has 0 saturated heterocycles. The van der Waals surface area contributed by atoms with Crippen LogP contribution in [0.3, 0.4) is 0 Å². The molecule has 1 heterocycles. The second-order valence-corrected chi connectivity index (χ2v) is 3.70. The van der Waals surface area contributed by atoms with Crippen molar-refractivity contribution >= 4 is 17.3 Å². The van der Waals surface area contributed by atoms with Gasteiger partial charge in [-0.2, -0.15) is 0 Å². The standard InChI is InChI=1S/C12H11ClN2O2/c1-16-11-3-2-6-15-12(11)17-8-4-5-10(14)9(13)7-8/h2-7H,14H2,1H3. The third kappa shape index (κ3) is 2.60. The van der Waals surface area contributed by atoms with E-state index in [1.807, 2.05) is 0 Å². The highest BCUT2D eigenvalue weighted by Gasteiger charge is 2.07. The Balaban J connectivity index is 2.28. The van der Waals surface area contributed by atoms with Crippen molar-refractivity contribution in [1.29, 1.82) is 0 Å². The molecule has 2 N–H and O–H groups in total. The first kappa shape index (κ1) is 11.5. The van der Waals surface area contributed by atoms with Crippen LogP contribution in [0.4, 0.5) is 5.69 Å². The van der Waals surface area contributed by atoms with E-state index in [4.69, 9.17) is 26.8 Å². The number of benzene rings is 1. The van der Waals surface area contributed by atoms with Gasteiger partial charge in [0.25, 0.3) is 5.88 Å². The lowest BCUT2D eigenvalue weighted by atomic mass is 10.3. The molecular formula is C12H11ClN2O2. The molecule has 0 fully saturated rings. The van der Waals surface area contributed by atoms with E-state index >= 15 is 0 Å². The summed E-state index contributed by atoms with van der Waals surface area (Å²) in [5, 5.41) is 0.442. The number of nitrogen functional groups attached to an aromatic ring is 1. The highest BCUT2D eigenvalue weighted by molar-refractivity contribution is 6.33. The molecule has 1 aromatic carbocycles. The van der Waals surface area contributed by atoms with Gasteiger partial charge in [0.05, 0.1) is 17.8 Å². The summed E-state index contributed by atoms with van der Waals surface area (Å²) in [5.41, 5.74) is 6.12. The van der Waals surface area contributed by atoms with Crippen molar-refractivity contribution in [2.45, 2.75) is 0 Å². The van der Waals surface area contributed by atoms with Gasteiger partial charge in [-0.05, 0) is 24.3 Å². The molecule has 0 aliphatic carbocycles. The predicted octanol–water partition coefficient (Wildman–Crippen LogP) is 3.12. The van der Waals surface area contributed by atoms with Crippen LogP contribution in [0.5, 0.6) is 17.4 Å². The van der Waals surface area contributed by atoms with E-state index in [-0.39, 0.29) is 0 Å². The molecule has 0 spiro atoms. The second-order valence-electron chi connectivity index (χ2n) is 3.30. The number of halogens is 1. The second kappa shape index (κ2) is 4.93. The fourth-order valence-electron chi connectivity index (χ4n) is 1.29. The molecule has 88 valence electrons. The number of nitrogens with two attached hydrogens (primary N) is 1. The Morgan fingerprint density at radius 2 is 2.12 bits per heavy atom. The highest BCUT2D eigenvalue weighted by Crippen LogP contribution is 2.31. The monoisotopic (exact) mass is 250 g/mol. The SMILES string of the molecule is COc1cccnc1Oc1ccc(N)c(Cl)c1. The molecule has 5 heteroatoms. The molecule has 2 aromatic rings. The quantitative estimate of drug-likeness (QED) is 0.851. The number of pyridine rings is 1. The molecule has 0 amide bonds. The van der Waals surface area contributed by atoms with Crippen LogP contribution in [-0.2, 0) is 0 Å². The van der Waals surface area contributed by atoms with Gasteiger partial charge < -0.3 is 15.2 Å². The van der Waals surface area contributed by atoms with Crippen molar-refractivity contribution in [3.05, 3.63) is 41.6 Å². The van der Waals surface area contributed by atoms with Crippen LogP contribution in [0.25, 0.3) is 0 Å². The summed E-state index contributed by atoms with van der Waals surface area (Å²) in [7, 11) is 1.56. The molecule has 0 aliphatic rings. The fourth-order valence-corrected chi connectivity index (χ4v) is 1.46. The van der Waals surface area contributed by atoms with Crippen LogP contribution in [0, 0.1) is 0 Å². The van der Waals surface area contributed by atoms with Crippen LogP contribution in [0.15, 0.2) is 36.5 Å². The van der Waals surface area contributed by atoms with E-state index in [1.54, 1.807) is 43.6 Å². The maximum atomic E-state index is 5.90. The summed E-state index contributed by atoms with van der Waals surface area (Å²) in [6.07, 6.45) is 1.62. The molecule has 0 saturated carbocycles. The van der Waals surface area contributed by atoms with Crippen molar-refractivity contribution in [2.24, 2.45) is 0 Å². The first-order valence-corrected chi connectivity index (χ1v) is 5.30. The fraction of sp³-hybridized carbons (Fsp3) is 0.0833. The van der Waals surface area contributed by atoms with Gasteiger partial charge in [0.15, 0.2) is 5.75 Å². The minimum atomic E-state index is 0.385. The van der Waals surface area contributed by atoms with Gasteiger partial charge in [0.1, 0.15) is 5.75 Å². The van der Waals surface area contributed by atoms with Crippen LogP contribution < -0.4 is 15.2 Å². The van der Waals surface area contributed by atoms with Crippen LogP contribution in [0.2, 0.25) is 5.02 Å². The summed E-state index contributed by atoms with van der Waals surface area (Å²) in [4.78, 5) is 4.08. The summed E-state index contributed by atoms with van der Waals surface area (Å²) in [6, 6.07) is 8.55. The Labute approximate surface area is 104 Å². The van der Waals surface area contributed by atoms with E-state index in [9.17, 15) is 0 Å². The topological polar surface area (TPSA) is 57.4 Å². The average Bonchev–Trinajstić information content (AvgIpc) is 2.34. The third-order valence-corrected chi connectivity index (χ3v) is 2.47. The van der Waals surface area contributed by atoms with Gasteiger partial charge in [-0.1, -0.05) is 11.6 Å². The average molecular weight is 251 g/mol. The van der Waals surface area contributed by atoms with E-state index in [0.29, 0.717) is 28.1 Å². The molecule has 0 radical (unpaired) electrons. The molecule has 1 aromatic heterocycles. The van der Waals surface area contributed by atoms with E-state index < -0.39 is 0 Å². The molecule has 0 unspecified atom stereocenters. The van der Waals surface area contributed by atoms with Gasteiger partial charge in [-0.25, -0.2) is 4.98 Å². The summed E-state index contributed by atoms with van der Waals surface area (Å²) < 4.78 is 10.7. The van der Waals surface area contributed by atoms with Crippen molar-refractivity contribution in [3.8, 4) is 17.4 Å². The van der Waals surface area contributed by atoms with E-state index in [1.165, 1.54) is 0 Å². The number of nitrogens with zero attached hydrogens (tertiary/aromatic N) is 1. The normalized spacial score (nSPS) is 10.0. The maximum absolute atomic E-state index is 5.90. The van der Waals surface area contributed by atoms with Gasteiger partial charge in [0, 0.05) is 12.3 Å². The molecular weight excluding hydrogens is 240 g/mol. The minimum Gasteiger partial charge on any atom is -0.491 e. The Hall–Kier alpha value is -1.94. The zero-order valence-corrected chi connectivity index (χ0v) is 9.94. The summed E-state index contributed by atoms with van der Waals surface area (Å²) in [6.45, 7) is 0. The predicted molar refractivity (Wildman–Crippen MR) is 66.7 cm³/mol. The molecule has 17 heavy (non-hydrogen) atoms. The molecule has 0 bridgehead atoms. The van der Waals surface area contributed by atoms with Gasteiger partial charge in [-0.3, -0.25) is 0 Å². The van der Waals surface area contributed by atoms with Crippen molar-refractivity contribution in [3.63, 3.8) is 0 Å². The maximum Gasteiger partial charge on any atom is 0.262 e. The number of methoxy groups -OCH3 is 1. The third-order valence-electron chi connectivity index (χ3n) is 2.14. The highest BCUT2D eigenvalue weighted by atomic mass is 35.5. The Morgan fingerprint density at radius 3 is 2.82 bits per heavy atom. The first-order valence-electron chi connectivity index (χ1n) is 4.92. The van der Waals surface area contributed by atoms with Crippen LogP contribution in [-0.4, -0.2) is 12.1 Å². The smallest absolute Gasteiger partial charge is 0.262 e. The van der Waals surface area contributed by atoms with Crippen molar-refractivity contribution in [1.82, 2.24) is 4.98 Å². The minimum absolute atomic E-state index is 0.385. The van der Waals surface area contributed by atoms with Gasteiger partial charge in [0.2, 0.25) is 0 Å². The Bertz CT molecular complexity index is 532. The van der Waals surface area contributed by atoms with Crippen molar-refractivity contribution in [2.75, 3.05) is 12.8 Å². The Morgan fingerprint density at radius 1 is 1.29 bits per heavy atom. The number of anilines is 1. The van der Waals surface area contributed by atoms with Crippen molar-refractivity contribution < 1.29 is 9.47 Å². The lowest BCUT2D eigenvalue weighted by Crippen LogP contribution is -1.93. The lowest BCUT2D eigenvalue weighted by Gasteiger charge is -2.09. The van der Waals surface area contributed by atoms with E-state index in [0.717, 1.165) is 0 Å². The summed E-state index contributed by atoms with van der Waals surface area (Å²) >= 11 is 5.90. The van der Waals surface area contributed by atoms with Gasteiger partial charge in [-0.15, -0.1) is 0 Å². The molecule has 0 atom stereocenters. The number of aromatic nitrogens is 1.